The molecule has 3 fully saturated rings. The molecule has 3 aliphatic heterocycles. The number of amidine groups is 1. The van der Waals surface area contributed by atoms with Crippen LogP contribution in [0.4, 0.5) is 0 Å². The van der Waals surface area contributed by atoms with Crippen molar-refractivity contribution in [3.8, 4) is 17.1 Å². The molecule has 9 nitrogen and oxygen atoms in total. The zero-order valence-corrected chi connectivity index (χ0v) is 21.1. The molecular weight excluding hydrogens is 454 g/mol. The number of likely N-dealkylation sites (tertiary alicyclic amines) is 1. The highest BCUT2D eigenvalue weighted by Crippen LogP contribution is 2.44. The van der Waals surface area contributed by atoms with Crippen molar-refractivity contribution in [2.75, 3.05) is 32.9 Å². The molecule has 0 radical (unpaired) electrons. The number of aromatic nitrogens is 2. The van der Waals surface area contributed by atoms with Gasteiger partial charge < -0.3 is 25.5 Å². The predicted octanol–water partition coefficient (Wildman–Crippen LogP) is 2.65. The van der Waals surface area contributed by atoms with Crippen LogP contribution in [0.15, 0.2) is 45.7 Å². The molecule has 0 unspecified atom stereocenters. The molecule has 0 atom stereocenters. The van der Waals surface area contributed by atoms with E-state index < -0.39 is 0 Å². The third-order valence-electron chi connectivity index (χ3n) is 7.90. The summed E-state index contributed by atoms with van der Waals surface area (Å²) >= 11 is 0. The van der Waals surface area contributed by atoms with Crippen molar-refractivity contribution in [3.05, 3.63) is 46.9 Å². The van der Waals surface area contributed by atoms with Gasteiger partial charge in [0.25, 0.3) is 0 Å². The highest BCUT2D eigenvalue weighted by atomic mass is 16.5. The fourth-order valence-corrected chi connectivity index (χ4v) is 5.54. The fraction of sp³-hybridized carbons (Fsp3) is 0.519. The molecule has 0 amide bonds. The third kappa shape index (κ3) is 3.81. The van der Waals surface area contributed by atoms with Crippen LogP contribution in [0.5, 0.6) is 5.75 Å². The van der Waals surface area contributed by atoms with Crippen LogP contribution in [0, 0.1) is 0 Å². The quantitative estimate of drug-likeness (QED) is 0.493. The van der Waals surface area contributed by atoms with Crippen molar-refractivity contribution >= 4 is 12.2 Å². The molecule has 9 heteroatoms. The maximum atomic E-state index is 6.64. The van der Waals surface area contributed by atoms with Crippen molar-refractivity contribution in [2.45, 2.75) is 57.2 Å². The summed E-state index contributed by atoms with van der Waals surface area (Å²) in [7, 11) is 0. The third-order valence-corrected chi connectivity index (χ3v) is 7.90. The number of imidazole rings is 1. The number of hydrogen-bond donors (Lipinski definition) is 2. The first-order valence-corrected chi connectivity index (χ1v) is 13.0. The van der Waals surface area contributed by atoms with E-state index in [1.54, 1.807) is 0 Å². The van der Waals surface area contributed by atoms with Gasteiger partial charge in [0.2, 0.25) is 0 Å². The number of rotatable bonds is 5. The molecule has 190 valence electrons. The second-order valence-electron chi connectivity index (χ2n) is 10.6. The van der Waals surface area contributed by atoms with Gasteiger partial charge in [-0.2, -0.15) is 0 Å². The van der Waals surface area contributed by atoms with Gasteiger partial charge in [0.15, 0.2) is 5.84 Å². The van der Waals surface area contributed by atoms with E-state index in [0.717, 1.165) is 54.5 Å². The molecule has 2 saturated heterocycles. The predicted molar refractivity (Wildman–Crippen MR) is 140 cm³/mol. The Morgan fingerprint density at radius 3 is 2.69 bits per heavy atom. The minimum absolute atomic E-state index is 0.0865. The number of aliphatic imine (C=N–C) groups is 2. The Balaban J connectivity index is 1.23. The molecular formula is C27H35N7O2. The fourth-order valence-electron chi connectivity index (χ4n) is 5.54. The van der Waals surface area contributed by atoms with Crippen molar-refractivity contribution in [1.29, 1.82) is 0 Å². The molecule has 1 saturated carbocycles. The first-order chi connectivity index (χ1) is 17.5. The molecule has 1 aromatic heterocycles. The lowest BCUT2D eigenvalue weighted by molar-refractivity contribution is -0.145. The Hall–Kier alpha value is -3.17. The molecule has 0 bridgehead atoms. The topological polar surface area (TPSA) is 116 Å². The van der Waals surface area contributed by atoms with E-state index >= 15 is 0 Å². The van der Waals surface area contributed by atoms with Crippen LogP contribution in [0.1, 0.15) is 50.3 Å². The number of benzene rings is 1. The van der Waals surface area contributed by atoms with Crippen LogP contribution >= 0.6 is 0 Å². The minimum atomic E-state index is -0.0865. The zero-order chi connectivity index (χ0) is 24.9. The molecule has 1 aromatic carbocycles. The molecule has 36 heavy (non-hydrogen) atoms. The Morgan fingerprint density at radius 1 is 1.25 bits per heavy atom. The lowest BCUT2D eigenvalue weighted by Crippen LogP contribution is -2.70. The van der Waals surface area contributed by atoms with Crippen LogP contribution < -0.4 is 16.2 Å². The van der Waals surface area contributed by atoms with E-state index in [2.05, 4.69) is 37.7 Å². The lowest BCUT2D eigenvalue weighted by Gasteiger charge is -2.57. The van der Waals surface area contributed by atoms with Crippen molar-refractivity contribution in [3.63, 3.8) is 0 Å². The van der Waals surface area contributed by atoms with Crippen LogP contribution in [-0.4, -0.2) is 71.1 Å². The van der Waals surface area contributed by atoms with Crippen LogP contribution in [0.3, 0.4) is 0 Å². The summed E-state index contributed by atoms with van der Waals surface area (Å²) in [5.41, 5.74) is 17.6. The smallest absolute Gasteiger partial charge is 0.176 e. The zero-order valence-electron chi connectivity index (χ0n) is 21.1. The van der Waals surface area contributed by atoms with Crippen molar-refractivity contribution in [1.82, 2.24) is 14.5 Å². The van der Waals surface area contributed by atoms with Gasteiger partial charge in [-0.3, -0.25) is 9.89 Å². The molecule has 6 rings (SSSR count). The van der Waals surface area contributed by atoms with E-state index in [0.29, 0.717) is 38.1 Å². The van der Waals surface area contributed by atoms with Gasteiger partial charge in [0.05, 0.1) is 31.7 Å². The van der Waals surface area contributed by atoms with E-state index in [-0.39, 0.29) is 11.6 Å². The van der Waals surface area contributed by atoms with E-state index in [9.17, 15) is 0 Å². The Morgan fingerprint density at radius 2 is 2.06 bits per heavy atom. The molecule has 1 aliphatic carbocycles. The summed E-state index contributed by atoms with van der Waals surface area (Å²) in [5.74, 6) is 2.75. The standard InChI is InChI=1S/C27H35N7O2/c1-17(2)31-25(30-16-28)22-13-33-8-9-36-23-10-19(6-7-21(23)26(33)32-22)20-11-34(12-20)27(14-35-15-27)24(29)18-4-3-5-18/h6-7,10,13,16-17,20H,3-5,8-9,11-12,14-15,29H2,1-2H3,(H2,28,30,31). The Bertz CT molecular complexity index is 1240. The molecule has 0 spiro atoms. The SMILES string of the molecule is CC(C)N=C(N=CN)c1cn2c(n1)-c1ccc(C3CN(C4(C(N)=C5CCC5)COC4)C3)cc1OCC2. The maximum absolute atomic E-state index is 6.64. The van der Waals surface area contributed by atoms with Gasteiger partial charge in [-0.25, -0.2) is 9.98 Å². The second kappa shape index (κ2) is 9.05. The van der Waals surface area contributed by atoms with Gasteiger partial charge in [-0.05, 0) is 56.4 Å². The van der Waals surface area contributed by atoms with Gasteiger partial charge >= 0.3 is 0 Å². The molecule has 4 aliphatic rings. The Labute approximate surface area is 211 Å². The summed E-state index contributed by atoms with van der Waals surface area (Å²) in [5, 5.41) is 0. The lowest BCUT2D eigenvalue weighted by atomic mass is 9.77. The monoisotopic (exact) mass is 489 g/mol. The van der Waals surface area contributed by atoms with Crippen molar-refractivity contribution < 1.29 is 9.47 Å². The summed E-state index contributed by atoms with van der Waals surface area (Å²) in [6.45, 7) is 8.71. The van der Waals surface area contributed by atoms with E-state index in [1.807, 2.05) is 20.0 Å². The summed E-state index contributed by atoms with van der Waals surface area (Å²) < 4.78 is 13.9. The average Bonchev–Trinajstić information content (AvgIpc) is 3.09. The molecule has 4 N–H and O–H groups in total. The average molecular weight is 490 g/mol. The summed E-state index contributed by atoms with van der Waals surface area (Å²) in [4.78, 5) is 16.2. The number of fused-ring (bicyclic) bond motifs is 3. The summed E-state index contributed by atoms with van der Waals surface area (Å²) in [6, 6.07) is 6.64. The van der Waals surface area contributed by atoms with Gasteiger partial charge in [0, 0.05) is 36.9 Å². The maximum Gasteiger partial charge on any atom is 0.176 e. The van der Waals surface area contributed by atoms with Crippen LogP contribution in [0.25, 0.3) is 11.4 Å². The number of hydrogen-bond acceptors (Lipinski definition) is 6. The Kier molecular flexibility index (Phi) is 5.84. The summed E-state index contributed by atoms with van der Waals surface area (Å²) in [6.07, 6.45) is 6.81. The molecule has 4 heterocycles. The molecule has 2 aromatic rings. The van der Waals surface area contributed by atoms with Crippen LogP contribution in [0.2, 0.25) is 0 Å². The van der Waals surface area contributed by atoms with Gasteiger partial charge in [0.1, 0.15) is 29.4 Å². The minimum Gasteiger partial charge on any atom is -0.491 e. The van der Waals surface area contributed by atoms with Gasteiger partial charge in [-0.1, -0.05) is 6.07 Å². The largest absolute Gasteiger partial charge is 0.491 e. The number of allylic oxidation sites excluding steroid dienone is 1. The normalized spacial score (nSPS) is 21.8. The van der Waals surface area contributed by atoms with E-state index in [4.69, 9.17) is 25.9 Å². The van der Waals surface area contributed by atoms with E-state index in [1.165, 1.54) is 23.9 Å². The number of nitrogens with zero attached hydrogens (tertiary/aromatic N) is 5. The van der Waals surface area contributed by atoms with Gasteiger partial charge in [-0.15, -0.1) is 0 Å². The number of ether oxygens (including phenoxy) is 2. The highest BCUT2D eigenvalue weighted by molar-refractivity contribution is 6.01. The first-order valence-electron chi connectivity index (χ1n) is 13.0. The number of nitrogens with two attached hydrogens (primary N) is 2. The first kappa shape index (κ1) is 23.2. The highest BCUT2D eigenvalue weighted by Gasteiger charge is 2.52. The van der Waals surface area contributed by atoms with Crippen molar-refractivity contribution in [2.24, 2.45) is 21.5 Å². The van der Waals surface area contributed by atoms with Crippen LogP contribution in [-0.2, 0) is 11.3 Å². The second-order valence-corrected chi connectivity index (χ2v) is 10.6.